The summed E-state index contributed by atoms with van der Waals surface area (Å²) >= 11 is 1.67. The Kier molecular flexibility index (Phi) is 7.48. The second-order valence-corrected chi connectivity index (χ2v) is 7.80. The molecule has 0 radical (unpaired) electrons. The van der Waals surface area contributed by atoms with Crippen molar-refractivity contribution in [2.24, 2.45) is 0 Å². The molecule has 0 spiro atoms. The summed E-state index contributed by atoms with van der Waals surface area (Å²) in [6, 6.07) is 7.64. The van der Waals surface area contributed by atoms with Crippen LogP contribution in [0.5, 0.6) is 5.75 Å². The van der Waals surface area contributed by atoms with E-state index in [0.717, 1.165) is 18.4 Å². The molecule has 1 aromatic heterocycles. The number of rotatable bonds is 8. The number of hydrogen-bond acceptors (Lipinski definition) is 4. The molecule has 2 amide bonds. The number of benzene rings is 1. The molecule has 2 atom stereocenters. The lowest BCUT2D eigenvalue weighted by molar-refractivity contribution is 0.229. The molecule has 3 N–H and O–H groups in total. The minimum atomic E-state index is -0.137. The van der Waals surface area contributed by atoms with Crippen LogP contribution >= 0.6 is 11.3 Å². The molecule has 5 nitrogen and oxygen atoms in total. The molecule has 142 valence electrons. The van der Waals surface area contributed by atoms with Gasteiger partial charge in [-0.1, -0.05) is 6.07 Å². The lowest BCUT2D eigenvalue weighted by atomic mass is 10.00. The highest BCUT2D eigenvalue weighted by Gasteiger charge is 2.16. The zero-order valence-electron chi connectivity index (χ0n) is 16.0. The maximum Gasteiger partial charge on any atom is 0.315 e. The molecular weight excluding hydrogens is 346 g/mol. The van der Waals surface area contributed by atoms with Gasteiger partial charge in [-0.3, -0.25) is 0 Å². The molecule has 1 heterocycles. The Bertz CT molecular complexity index is 701. The summed E-state index contributed by atoms with van der Waals surface area (Å²) in [6.07, 6.45) is 1.64. The third-order valence-electron chi connectivity index (χ3n) is 4.51. The van der Waals surface area contributed by atoms with Crippen LogP contribution in [-0.4, -0.2) is 48.8 Å². The van der Waals surface area contributed by atoms with Crippen LogP contribution in [0.4, 0.5) is 4.79 Å². The normalized spacial score (nSPS) is 13.4. The van der Waals surface area contributed by atoms with Crippen molar-refractivity contribution in [2.75, 3.05) is 20.6 Å². The Morgan fingerprint density at radius 2 is 2.04 bits per heavy atom. The average molecular weight is 376 g/mol. The summed E-state index contributed by atoms with van der Waals surface area (Å²) in [7, 11) is 4.03. The number of aryl methyl sites for hydroxylation is 1. The summed E-state index contributed by atoms with van der Waals surface area (Å²) in [5, 5.41) is 19.7. The monoisotopic (exact) mass is 375 g/mol. The highest BCUT2D eigenvalue weighted by atomic mass is 32.1. The number of carbonyl (C=O) groups excluding carboxylic acids is 1. The molecule has 6 heteroatoms. The van der Waals surface area contributed by atoms with E-state index >= 15 is 0 Å². The second kappa shape index (κ2) is 9.59. The maximum atomic E-state index is 12.2. The number of hydrogen-bond donors (Lipinski definition) is 3. The van der Waals surface area contributed by atoms with Crippen LogP contribution in [0.15, 0.2) is 35.0 Å². The Balaban J connectivity index is 1.84. The van der Waals surface area contributed by atoms with Gasteiger partial charge in [-0.15, -0.1) is 0 Å². The van der Waals surface area contributed by atoms with Crippen LogP contribution in [-0.2, 0) is 12.8 Å². The summed E-state index contributed by atoms with van der Waals surface area (Å²) in [6.45, 7) is 4.57. The van der Waals surface area contributed by atoms with Crippen molar-refractivity contribution in [3.8, 4) is 5.75 Å². The number of thiophene rings is 1. The van der Waals surface area contributed by atoms with Gasteiger partial charge in [0.1, 0.15) is 5.75 Å². The first-order valence-electron chi connectivity index (χ1n) is 8.85. The number of amides is 2. The smallest absolute Gasteiger partial charge is 0.315 e. The highest BCUT2D eigenvalue weighted by molar-refractivity contribution is 7.07. The van der Waals surface area contributed by atoms with Gasteiger partial charge in [-0.05, 0) is 86.4 Å². The predicted octanol–water partition coefficient (Wildman–Crippen LogP) is 3.17. The number of nitrogens with one attached hydrogen (secondary N) is 2. The number of urea groups is 1. The van der Waals surface area contributed by atoms with Gasteiger partial charge in [0.25, 0.3) is 0 Å². The fourth-order valence-corrected chi connectivity index (χ4v) is 3.58. The van der Waals surface area contributed by atoms with Crippen molar-refractivity contribution < 1.29 is 9.90 Å². The minimum Gasteiger partial charge on any atom is -0.508 e. The van der Waals surface area contributed by atoms with Gasteiger partial charge in [0, 0.05) is 18.6 Å². The van der Waals surface area contributed by atoms with Gasteiger partial charge in [-0.25, -0.2) is 4.79 Å². The van der Waals surface area contributed by atoms with E-state index in [1.807, 2.05) is 34.0 Å². The summed E-state index contributed by atoms with van der Waals surface area (Å²) in [4.78, 5) is 14.3. The standard InChI is InChI=1S/C20H29N3O2S/c1-14-9-19(24)6-5-17(14)11-18(23(3)4)12-21-20(25)22-15(2)10-16-7-8-26-13-16/h5-9,13,15,18,24H,10-12H2,1-4H3,(H2,21,22,25)/t15-,18-/m0/s1. The molecule has 0 aliphatic carbocycles. The molecule has 26 heavy (non-hydrogen) atoms. The Hall–Kier alpha value is -2.05. The van der Waals surface area contributed by atoms with Crippen LogP contribution in [0.2, 0.25) is 0 Å². The number of likely N-dealkylation sites (N-methyl/N-ethyl adjacent to an activating group) is 1. The molecule has 0 unspecified atom stereocenters. The largest absolute Gasteiger partial charge is 0.508 e. The van der Waals surface area contributed by atoms with Gasteiger partial charge in [0.2, 0.25) is 0 Å². The summed E-state index contributed by atoms with van der Waals surface area (Å²) in [5.74, 6) is 0.282. The van der Waals surface area contributed by atoms with Crippen molar-refractivity contribution >= 4 is 17.4 Å². The first kappa shape index (κ1) is 20.3. The van der Waals surface area contributed by atoms with E-state index < -0.39 is 0 Å². The molecule has 0 aliphatic heterocycles. The summed E-state index contributed by atoms with van der Waals surface area (Å²) < 4.78 is 0. The molecule has 0 aliphatic rings. The van der Waals surface area contributed by atoms with Crippen LogP contribution in [0.25, 0.3) is 0 Å². The van der Waals surface area contributed by atoms with Gasteiger partial charge >= 0.3 is 6.03 Å². The van der Waals surface area contributed by atoms with E-state index in [1.54, 1.807) is 23.5 Å². The first-order valence-corrected chi connectivity index (χ1v) is 9.79. The fraction of sp³-hybridized carbons (Fsp3) is 0.450. The molecule has 2 aromatic rings. The number of aromatic hydroxyl groups is 1. The van der Waals surface area contributed by atoms with Crippen LogP contribution < -0.4 is 10.6 Å². The number of phenolic OH excluding ortho intramolecular Hbond substituents is 1. The van der Waals surface area contributed by atoms with Gasteiger partial charge in [0.15, 0.2) is 0 Å². The van der Waals surface area contributed by atoms with Crippen molar-refractivity contribution in [1.82, 2.24) is 15.5 Å². The summed E-state index contributed by atoms with van der Waals surface area (Å²) in [5.41, 5.74) is 3.48. The lowest BCUT2D eigenvalue weighted by Crippen LogP contribution is -2.47. The van der Waals surface area contributed by atoms with Crippen molar-refractivity contribution in [2.45, 2.75) is 38.8 Å². The predicted molar refractivity (Wildman–Crippen MR) is 108 cm³/mol. The van der Waals surface area contributed by atoms with E-state index in [-0.39, 0.29) is 23.9 Å². The highest BCUT2D eigenvalue weighted by Crippen LogP contribution is 2.18. The van der Waals surface area contributed by atoms with Gasteiger partial charge < -0.3 is 20.6 Å². The lowest BCUT2D eigenvalue weighted by Gasteiger charge is -2.26. The minimum absolute atomic E-state index is 0.0850. The Morgan fingerprint density at radius 3 is 2.65 bits per heavy atom. The van der Waals surface area contributed by atoms with E-state index in [2.05, 4.69) is 32.4 Å². The van der Waals surface area contributed by atoms with E-state index in [9.17, 15) is 9.90 Å². The zero-order chi connectivity index (χ0) is 19.1. The molecule has 0 saturated carbocycles. The number of nitrogens with zero attached hydrogens (tertiary/aromatic N) is 1. The molecule has 2 rings (SSSR count). The number of carbonyl (C=O) groups is 1. The number of phenols is 1. The molecule has 0 fully saturated rings. The average Bonchev–Trinajstić information content (AvgIpc) is 3.05. The van der Waals surface area contributed by atoms with Crippen molar-refractivity contribution in [1.29, 1.82) is 0 Å². The maximum absolute atomic E-state index is 12.2. The van der Waals surface area contributed by atoms with E-state index in [1.165, 1.54) is 11.1 Å². The Labute approximate surface area is 160 Å². The SMILES string of the molecule is Cc1cc(O)ccc1C[C@@H](CNC(=O)N[C@@H](C)Cc1ccsc1)N(C)C. The van der Waals surface area contributed by atoms with E-state index in [4.69, 9.17) is 0 Å². The first-order chi connectivity index (χ1) is 12.3. The Morgan fingerprint density at radius 1 is 1.27 bits per heavy atom. The van der Waals surface area contributed by atoms with Crippen molar-refractivity contribution in [3.05, 3.63) is 51.7 Å². The molecule has 0 saturated heterocycles. The van der Waals surface area contributed by atoms with Crippen LogP contribution in [0.1, 0.15) is 23.6 Å². The second-order valence-electron chi connectivity index (χ2n) is 7.02. The molecule has 0 bridgehead atoms. The quantitative estimate of drug-likeness (QED) is 0.664. The fourth-order valence-electron chi connectivity index (χ4n) is 2.90. The zero-order valence-corrected chi connectivity index (χ0v) is 16.8. The molecular formula is C20H29N3O2S. The van der Waals surface area contributed by atoms with Gasteiger partial charge in [-0.2, -0.15) is 11.3 Å². The van der Waals surface area contributed by atoms with Crippen LogP contribution in [0.3, 0.4) is 0 Å². The topological polar surface area (TPSA) is 64.6 Å². The molecule has 1 aromatic carbocycles. The van der Waals surface area contributed by atoms with E-state index in [0.29, 0.717) is 6.54 Å². The third kappa shape index (κ3) is 6.35. The van der Waals surface area contributed by atoms with Crippen LogP contribution in [0, 0.1) is 6.92 Å². The van der Waals surface area contributed by atoms with Crippen molar-refractivity contribution in [3.63, 3.8) is 0 Å². The third-order valence-corrected chi connectivity index (χ3v) is 5.24. The van der Waals surface area contributed by atoms with Gasteiger partial charge in [0.05, 0.1) is 0 Å².